The summed E-state index contributed by atoms with van der Waals surface area (Å²) in [5.74, 6) is 1.40. The summed E-state index contributed by atoms with van der Waals surface area (Å²) in [4.78, 5) is 22.5. The minimum Gasteiger partial charge on any atom is -0.421 e. The SMILES string of the molecule is CCN(C)c1nc(Oc2cnc(C)nc2)nc2[nH]c3c(NC)cc(F)cc3c12. The maximum Gasteiger partial charge on any atom is 0.326 e. The number of halogens is 1. The summed E-state index contributed by atoms with van der Waals surface area (Å²) in [5, 5.41) is 4.46. The van der Waals surface area contributed by atoms with E-state index in [0.717, 1.165) is 10.9 Å². The number of ether oxygens (including phenoxy) is 1. The Morgan fingerprint density at radius 2 is 1.96 bits per heavy atom. The van der Waals surface area contributed by atoms with Gasteiger partial charge >= 0.3 is 6.01 Å². The molecule has 144 valence electrons. The summed E-state index contributed by atoms with van der Waals surface area (Å²) < 4.78 is 19.9. The molecule has 1 aromatic carbocycles. The van der Waals surface area contributed by atoms with E-state index in [1.807, 2.05) is 18.9 Å². The van der Waals surface area contributed by atoms with Gasteiger partial charge in [-0.25, -0.2) is 14.4 Å². The van der Waals surface area contributed by atoms with E-state index in [9.17, 15) is 4.39 Å². The zero-order valence-corrected chi connectivity index (χ0v) is 16.0. The van der Waals surface area contributed by atoms with Crippen LogP contribution in [-0.4, -0.2) is 45.6 Å². The molecule has 0 amide bonds. The second-order valence-electron chi connectivity index (χ2n) is 6.39. The van der Waals surface area contributed by atoms with Crippen molar-refractivity contribution in [2.45, 2.75) is 13.8 Å². The van der Waals surface area contributed by atoms with Crippen molar-refractivity contribution in [3.8, 4) is 11.8 Å². The number of hydrogen-bond donors (Lipinski definition) is 2. The van der Waals surface area contributed by atoms with E-state index in [1.54, 1.807) is 26.4 Å². The van der Waals surface area contributed by atoms with Crippen LogP contribution in [0.5, 0.6) is 11.8 Å². The van der Waals surface area contributed by atoms with Crippen LogP contribution in [-0.2, 0) is 0 Å². The van der Waals surface area contributed by atoms with Crippen molar-refractivity contribution in [3.63, 3.8) is 0 Å². The van der Waals surface area contributed by atoms with Gasteiger partial charge in [0.05, 0.1) is 29.0 Å². The number of nitrogens with one attached hydrogen (secondary N) is 2. The van der Waals surface area contributed by atoms with Gasteiger partial charge < -0.3 is 19.9 Å². The molecule has 4 aromatic rings. The number of rotatable bonds is 5. The van der Waals surface area contributed by atoms with Crippen molar-refractivity contribution in [2.24, 2.45) is 0 Å². The molecule has 0 atom stereocenters. The van der Waals surface area contributed by atoms with E-state index in [0.29, 0.717) is 40.7 Å². The van der Waals surface area contributed by atoms with Crippen LogP contribution in [0.15, 0.2) is 24.5 Å². The molecule has 8 nitrogen and oxygen atoms in total. The zero-order chi connectivity index (χ0) is 19.8. The van der Waals surface area contributed by atoms with Gasteiger partial charge in [-0.3, -0.25) is 0 Å². The monoisotopic (exact) mass is 381 g/mol. The summed E-state index contributed by atoms with van der Waals surface area (Å²) in [6, 6.07) is 3.09. The molecule has 2 N–H and O–H groups in total. The molecule has 0 saturated heterocycles. The van der Waals surface area contributed by atoms with E-state index < -0.39 is 0 Å². The molecule has 0 spiro atoms. The highest BCUT2D eigenvalue weighted by Crippen LogP contribution is 2.36. The first-order chi connectivity index (χ1) is 13.5. The average Bonchev–Trinajstić information content (AvgIpc) is 3.06. The topological polar surface area (TPSA) is 91.8 Å². The van der Waals surface area contributed by atoms with Gasteiger partial charge in [0.15, 0.2) is 5.75 Å². The van der Waals surface area contributed by atoms with Crippen LogP contribution >= 0.6 is 0 Å². The van der Waals surface area contributed by atoms with E-state index in [4.69, 9.17) is 4.74 Å². The smallest absolute Gasteiger partial charge is 0.326 e. The Hall–Kier alpha value is -3.49. The van der Waals surface area contributed by atoms with E-state index in [-0.39, 0.29) is 11.8 Å². The van der Waals surface area contributed by atoms with Crippen LogP contribution in [0.1, 0.15) is 12.7 Å². The number of aromatic amines is 1. The molecular weight excluding hydrogens is 361 g/mol. The van der Waals surface area contributed by atoms with Crippen LogP contribution < -0.4 is 15.0 Å². The number of hydrogen-bond acceptors (Lipinski definition) is 7. The van der Waals surface area contributed by atoms with Gasteiger partial charge in [-0.2, -0.15) is 9.97 Å². The fourth-order valence-electron chi connectivity index (χ4n) is 3.03. The summed E-state index contributed by atoms with van der Waals surface area (Å²) in [5.41, 5.74) is 1.97. The molecule has 0 unspecified atom stereocenters. The lowest BCUT2D eigenvalue weighted by Gasteiger charge is -2.17. The van der Waals surface area contributed by atoms with Gasteiger partial charge in [0.25, 0.3) is 0 Å². The van der Waals surface area contributed by atoms with E-state index in [1.165, 1.54) is 12.1 Å². The molecule has 0 aliphatic rings. The third-order valence-corrected chi connectivity index (χ3v) is 4.56. The first-order valence-electron chi connectivity index (χ1n) is 8.88. The summed E-state index contributed by atoms with van der Waals surface area (Å²) in [6.07, 6.45) is 3.14. The molecule has 3 aromatic heterocycles. The largest absolute Gasteiger partial charge is 0.421 e. The Labute approximate surface area is 160 Å². The molecule has 0 saturated carbocycles. The summed E-state index contributed by atoms with van der Waals surface area (Å²) in [6.45, 7) is 4.51. The molecule has 4 rings (SSSR count). The maximum atomic E-state index is 14.2. The number of fused-ring (bicyclic) bond motifs is 3. The summed E-state index contributed by atoms with van der Waals surface area (Å²) >= 11 is 0. The van der Waals surface area contributed by atoms with Crippen molar-refractivity contribution in [1.29, 1.82) is 0 Å². The fourth-order valence-corrected chi connectivity index (χ4v) is 3.03. The van der Waals surface area contributed by atoms with Crippen LogP contribution in [0.3, 0.4) is 0 Å². The molecule has 0 bridgehead atoms. The lowest BCUT2D eigenvalue weighted by molar-refractivity contribution is 0.439. The molecule has 3 heterocycles. The first-order valence-corrected chi connectivity index (χ1v) is 8.88. The van der Waals surface area contributed by atoms with Crippen molar-refractivity contribution < 1.29 is 9.13 Å². The van der Waals surface area contributed by atoms with Crippen molar-refractivity contribution in [1.82, 2.24) is 24.9 Å². The lowest BCUT2D eigenvalue weighted by Crippen LogP contribution is -2.18. The van der Waals surface area contributed by atoms with E-state index in [2.05, 4.69) is 30.2 Å². The molecule has 9 heteroatoms. The third kappa shape index (κ3) is 3.04. The Balaban J connectivity index is 1.94. The van der Waals surface area contributed by atoms with Crippen LogP contribution in [0.25, 0.3) is 21.9 Å². The minimum absolute atomic E-state index is 0.160. The fraction of sp³-hybridized carbons (Fsp3) is 0.263. The predicted octanol–water partition coefficient (Wildman–Crippen LogP) is 3.64. The number of aryl methyl sites for hydroxylation is 1. The average molecular weight is 381 g/mol. The number of H-pyrrole nitrogens is 1. The predicted molar refractivity (Wildman–Crippen MR) is 107 cm³/mol. The number of nitrogens with zero attached hydrogens (tertiary/aromatic N) is 5. The van der Waals surface area contributed by atoms with Crippen LogP contribution in [0.4, 0.5) is 15.9 Å². The highest BCUT2D eigenvalue weighted by molar-refractivity contribution is 6.14. The van der Waals surface area contributed by atoms with Gasteiger partial charge in [0, 0.05) is 26.0 Å². The standard InChI is InChI=1S/C19H20FN7O/c1-5-27(4)18-15-13-6-11(20)7-14(21-3)16(13)24-17(15)25-19(26-18)28-12-8-22-10(2)23-9-12/h6-9,21H,5H2,1-4H3,(H,24,25,26). The van der Waals surface area contributed by atoms with Crippen molar-refractivity contribution in [3.05, 3.63) is 36.2 Å². The Bertz CT molecular complexity index is 1160. The van der Waals surface area contributed by atoms with Crippen molar-refractivity contribution >= 4 is 33.4 Å². The second kappa shape index (κ2) is 6.91. The summed E-state index contributed by atoms with van der Waals surface area (Å²) in [7, 11) is 3.66. The van der Waals surface area contributed by atoms with Gasteiger partial charge in [-0.15, -0.1) is 0 Å². The third-order valence-electron chi connectivity index (χ3n) is 4.56. The van der Waals surface area contributed by atoms with Gasteiger partial charge in [-0.1, -0.05) is 0 Å². The molecule has 0 aliphatic carbocycles. The quantitative estimate of drug-likeness (QED) is 0.545. The van der Waals surface area contributed by atoms with Crippen LogP contribution in [0.2, 0.25) is 0 Å². The molecule has 0 radical (unpaired) electrons. The highest BCUT2D eigenvalue weighted by Gasteiger charge is 2.19. The van der Waals surface area contributed by atoms with Gasteiger partial charge in [-0.05, 0) is 26.0 Å². The maximum absolute atomic E-state index is 14.2. The van der Waals surface area contributed by atoms with Gasteiger partial charge in [0.2, 0.25) is 0 Å². The Morgan fingerprint density at radius 1 is 1.21 bits per heavy atom. The Kier molecular flexibility index (Phi) is 4.42. The normalized spacial score (nSPS) is 11.2. The lowest BCUT2D eigenvalue weighted by atomic mass is 10.1. The second-order valence-corrected chi connectivity index (χ2v) is 6.39. The molecule has 0 aliphatic heterocycles. The first kappa shape index (κ1) is 17.9. The molecule has 28 heavy (non-hydrogen) atoms. The van der Waals surface area contributed by atoms with Crippen LogP contribution in [0, 0.1) is 12.7 Å². The molecular formula is C19H20FN7O. The number of anilines is 2. The highest BCUT2D eigenvalue weighted by atomic mass is 19.1. The van der Waals surface area contributed by atoms with E-state index >= 15 is 0 Å². The molecule has 0 fully saturated rings. The zero-order valence-electron chi connectivity index (χ0n) is 16.0. The minimum atomic E-state index is -0.333. The Morgan fingerprint density at radius 3 is 2.64 bits per heavy atom. The number of aromatic nitrogens is 5. The van der Waals surface area contributed by atoms with Crippen molar-refractivity contribution in [2.75, 3.05) is 30.9 Å². The van der Waals surface area contributed by atoms with Gasteiger partial charge in [0.1, 0.15) is 23.1 Å². The number of benzene rings is 1.